The van der Waals surface area contributed by atoms with Crippen molar-refractivity contribution in [2.75, 3.05) is 18.5 Å². The maximum Gasteiger partial charge on any atom is 0.251 e. The predicted molar refractivity (Wildman–Crippen MR) is 99.1 cm³/mol. The number of anilines is 1. The van der Waals surface area contributed by atoms with Gasteiger partial charge < -0.3 is 15.4 Å². The van der Waals surface area contributed by atoms with Gasteiger partial charge in [-0.1, -0.05) is 25.1 Å². The number of para-hydroxylation sites is 2. The van der Waals surface area contributed by atoms with E-state index < -0.39 is 0 Å². The Morgan fingerprint density at radius 3 is 2.52 bits per heavy atom. The molecular weight excluding hydrogens is 316 g/mol. The lowest BCUT2D eigenvalue weighted by atomic mass is 10.1. The maximum absolute atomic E-state index is 12.2. The van der Waals surface area contributed by atoms with Gasteiger partial charge in [0, 0.05) is 5.56 Å². The van der Waals surface area contributed by atoms with Gasteiger partial charge in [0.05, 0.1) is 18.8 Å². The fourth-order valence-corrected chi connectivity index (χ4v) is 2.25. The molecule has 0 radical (unpaired) electrons. The molecular formula is C20H24N2O3. The topological polar surface area (TPSA) is 67.4 Å². The Bertz CT molecular complexity index is 756. The number of rotatable bonds is 7. The van der Waals surface area contributed by atoms with Crippen LogP contribution in [-0.4, -0.2) is 25.0 Å². The van der Waals surface area contributed by atoms with Crippen LogP contribution in [0.1, 0.15) is 34.8 Å². The number of ether oxygens (including phenoxy) is 1. The smallest absolute Gasteiger partial charge is 0.251 e. The SMILES string of the molecule is CCCOc1ccccc1NC(=O)CNC(=O)c1ccc(C)c(C)c1. The highest BCUT2D eigenvalue weighted by Gasteiger charge is 2.11. The summed E-state index contributed by atoms with van der Waals surface area (Å²) in [5, 5.41) is 5.40. The first-order valence-corrected chi connectivity index (χ1v) is 8.38. The molecule has 0 aliphatic carbocycles. The average molecular weight is 340 g/mol. The summed E-state index contributed by atoms with van der Waals surface area (Å²) in [6.07, 6.45) is 0.883. The van der Waals surface area contributed by atoms with E-state index in [0.717, 1.165) is 17.5 Å². The van der Waals surface area contributed by atoms with E-state index in [4.69, 9.17) is 4.74 Å². The lowest BCUT2D eigenvalue weighted by molar-refractivity contribution is -0.115. The van der Waals surface area contributed by atoms with E-state index in [1.165, 1.54) is 0 Å². The van der Waals surface area contributed by atoms with Crippen LogP contribution in [0.4, 0.5) is 5.69 Å². The van der Waals surface area contributed by atoms with E-state index in [-0.39, 0.29) is 18.4 Å². The number of carbonyl (C=O) groups is 2. The lowest BCUT2D eigenvalue weighted by Gasteiger charge is -2.12. The van der Waals surface area contributed by atoms with Gasteiger partial charge in [0.1, 0.15) is 5.75 Å². The fourth-order valence-electron chi connectivity index (χ4n) is 2.25. The van der Waals surface area contributed by atoms with E-state index in [9.17, 15) is 9.59 Å². The van der Waals surface area contributed by atoms with E-state index in [1.807, 2.05) is 45.0 Å². The summed E-state index contributed by atoms with van der Waals surface area (Å²) in [6.45, 7) is 6.43. The minimum atomic E-state index is -0.301. The van der Waals surface area contributed by atoms with Gasteiger partial charge in [0.15, 0.2) is 0 Å². The van der Waals surface area contributed by atoms with E-state index in [1.54, 1.807) is 18.2 Å². The Labute approximate surface area is 148 Å². The van der Waals surface area contributed by atoms with Crippen molar-refractivity contribution in [1.82, 2.24) is 5.32 Å². The van der Waals surface area contributed by atoms with Crippen molar-refractivity contribution in [1.29, 1.82) is 0 Å². The van der Waals surface area contributed by atoms with Crippen LogP contribution in [0.3, 0.4) is 0 Å². The van der Waals surface area contributed by atoms with E-state index >= 15 is 0 Å². The second kappa shape index (κ2) is 8.87. The van der Waals surface area contributed by atoms with Crippen molar-refractivity contribution >= 4 is 17.5 Å². The normalized spacial score (nSPS) is 10.2. The van der Waals surface area contributed by atoms with E-state index in [0.29, 0.717) is 23.6 Å². The number of hydrogen-bond acceptors (Lipinski definition) is 3. The molecule has 5 nitrogen and oxygen atoms in total. The molecule has 132 valence electrons. The molecule has 0 fully saturated rings. The second-order valence-electron chi connectivity index (χ2n) is 5.87. The quantitative estimate of drug-likeness (QED) is 0.811. The largest absolute Gasteiger partial charge is 0.491 e. The third kappa shape index (κ3) is 5.35. The van der Waals surface area contributed by atoms with Crippen LogP contribution in [0.2, 0.25) is 0 Å². The van der Waals surface area contributed by atoms with Crippen LogP contribution < -0.4 is 15.4 Å². The molecule has 0 atom stereocenters. The summed E-state index contributed by atoms with van der Waals surface area (Å²) < 4.78 is 5.60. The molecule has 2 aromatic carbocycles. The van der Waals surface area contributed by atoms with Crippen LogP contribution in [0.25, 0.3) is 0 Å². The molecule has 0 saturated carbocycles. The number of hydrogen-bond donors (Lipinski definition) is 2. The molecule has 25 heavy (non-hydrogen) atoms. The minimum Gasteiger partial charge on any atom is -0.491 e. The zero-order chi connectivity index (χ0) is 18.2. The van der Waals surface area contributed by atoms with Gasteiger partial charge in [-0.2, -0.15) is 0 Å². The number of aryl methyl sites for hydroxylation is 2. The van der Waals surface area contributed by atoms with Gasteiger partial charge in [-0.05, 0) is 55.7 Å². The lowest BCUT2D eigenvalue weighted by Crippen LogP contribution is -2.33. The zero-order valence-corrected chi connectivity index (χ0v) is 14.9. The molecule has 2 N–H and O–H groups in total. The van der Waals surface area contributed by atoms with Crippen molar-refractivity contribution < 1.29 is 14.3 Å². The van der Waals surface area contributed by atoms with Crippen LogP contribution in [0, 0.1) is 13.8 Å². The summed E-state index contributed by atoms with van der Waals surface area (Å²) >= 11 is 0. The van der Waals surface area contributed by atoms with Gasteiger partial charge in [-0.3, -0.25) is 9.59 Å². The Hall–Kier alpha value is -2.82. The van der Waals surface area contributed by atoms with Crippen molar-refractivity contribution in [3.8, 4) is 5.75 Å². The Balaban J connectivity index is 1.92. The number of amides is 2. The van der Waals surface area contributed by atoms with Gasteiger partial charge >= 0.3 is 0 Å². The molecule has 0 aliphatic heterocycles. The van der Waals surface area contributed by atoms with Crippen molar-refractivity contribution in [3.05, 3.63) is 59.2 Å². The molecule has 0 unspecified atom stereocenters. The van der Waals surface area contributed by atoms with Crippen LogP contribution >= 0.6 is 0 Å². The maximum atomic E-state index is 12.2. The fraction of sp³-hybridized carbons (Fsp3) is 0.300. The first-order valence-electron chi connectivity index (χ1n) is 8.38. The highest BCUT2D eigenvalue weighted by Crippen LogP contribution is 2.23. The van der Waals surface area contributed by atoms with Gasteiger partial charge in [0.2, 0.25) is 5.91 Å². The summed E-state index contributed by atoms with van der Waals surface area (Å²) in [5.41, 5.74) is 3.31. The summed E-state index contributed by atoms with van der Waals surface area (Å²) in [5.74, 6) is 0.0525. The third-order valence-corrected chi connectivity index (χ3v) is 3.80. The molecule has 2 rings (SSSR count). The van der Waals surface area contributed by atoms with Crippen LogP contribution in [-0.2, 0) is 4.79 Å². The Morgan fingerprint density at radius 1 is 1.04 bits per heavy atom. The summed E-state index contributed by atoms with van der Waals surface area (Å²) in [6, 6.07) is 12.7. The molecule has 0 aromatic heterocycles. The van der Waals surface area contributed by atoms with Crippen molar-refractivity contribution in [2.45, 2.75) is 27.2 Å². The molecule has 0 saturated heterocycles. The second-order valence-corrected chi connectivity index (χ2v) is 5.87. The first-order chi connectivity index (χ1) is 12.0. The zero-order valence-electron chi connectivity index (χ0n) is 14.9. The van der Waals surface area contributed by atoms with Crippen molar-refractivity contribution in [2.24, 2.45) is 0 Å². The molecule has 5 heteroatoms. The van der Waals surface area contributed by atoms with Gasteiger partial charge in [-0.15, -0.1) is 0 Å². The summed E-state index contributed by atoms with van der Waals surface area (Å²) in [7, 11) is 0. The Morgan fingerprint density at radius 2 is 1.80 bits per heavy atom. The number of benzene rings is 2. The van der Waals surface area contributed by atoms with Gasteiger partial charge in [0.25, 0.3) is 5.91 Å². The predicted octanol–water partition coefficient (Wildman–Crippen LogP) is 3.46. The molecule has 0 aliphatic rings. The third-order valence-electron chi connectivity index (χ3n) is 3.80. The van der Waals surface area contributed by atoms with Gasteiger partial charge in [-0.25, -0.2) is 0 Å². The van der Waals surface area contributed by atoms with Crippen molar-refractivity contribution in [3.63, 3.8) is 0 Å². The Kier molecular flexibility index (Phi) is 6.57. The monoisotopic (exact) mass is 340 g/mol. The van der Waals surface area contributed by atoms with Crippen LogP contribution in [0.15, 0.2) is 42.5 Å². The highest BCUT2D eigenvalue weighted by atomic mass is 16.5. The van der Waals surface area contributed by atoms with E-state index in [2.05, 4.69) is 10.6 Å². The highest BCUT2D eigenvalue weighted by molar-refractivity contribution is 5.99. The minimum absolute atomic E-state index is 0.103. The molecule has 2 aromatic rings. The molecule has 2 amide bonds. The molecule has 0 bridgehead atoms. The van der Waals surface area contributed by atoms with Crippen LogP contribution in [0.5, 0.6) is 5.75 Å². The average Bonchev–Trinajstić information content (AvgIpc) is 2.61. The first kappa shape index (κ1) is 18.5. The number of carbonyl (C=O) groups excluding carboxylic acids is 2. The molecule has 0 heterocycles. The number of nitrogens with one attached hydrogen (secondary N) is 2. The molecule has 0 spiro atoms. The standard InChI is InChI=1S/C20H24N2O3/c1-4-11-25-18-8-6-5-7-17(18)22-19(23)13-21-20(24)16-10-9-14(2)15(3)12-16/h5-10,12H,4,11,13H2,1-3H3,(H,21,24)(H,22,23). The summed E-state index contributed by atoms with van der Waals surface area (Å²) in [4.78, 5) is 24.3.